The van der Waals surface area contributed by atoms with E-state index in [2.05, 4.69) is 17.0 Å². The quantitative estimate of drug-likeness (QED) is 0.277. The number of anilines is 1. The molecule has 1 aliphatic heterocycles. The molecule has 3 aromatic carbocycles. The minimum absolute atomic E-state index is 0.136. The van der Waals surface area contributed by atoms with Gasteiger partial charge in [-0.05, 0) is 48.7 Å². The first kappa shape index (κ1) is 25.4. The fourth-order valence-electron chi connectivity index (χ4n) is 4.02. The first-order valence-corrected chi connectivity index (χ1v) is 11.7. The number of aryl methyl sites for hydroxylation is 1. The summed E-state index contributed by atoms with van der Waals surface area (Å²) in [6.45, 7) is 8.32. The highest BCUT2D eigenvalue weighted by Crippen LogP contribution is 2.35. The lowest BCUT2D eigenvalue weighted by Crippen LogP contribution is -2.25. The minimum Gasteiger partial charge on any atom is -0.446 e. The van der Waals surface area contributed by atoms with Crippen LogP contribution in [0.1, 0.15) is 52.7 Å². The van der Waals surface area contributed by atoms with Crippen LogP contribution in [0.4, 0.5) is 5.69 Å². The van der Waals surface area contributed by atoms with Gasteiger partial charge in [0.1, 0.15) is 5.75 Å². The number of carbonyl (C=O) groups is 3. The number of carbonyl (C=O) groups excluding carboxylic acids is 3. The molecule has 8 heteroatoms. The van der Waals surface area contributed by atoms with Crippen molar-refractivity contribution in [3.05, 3.63) is 107 Å². The maximum atomic E-state index is 12.8. The number of hydrogen-bond donors (Lipinski definition) is 1. The Morgan fingerprint density at radius 1 is 1.08 bits per heavy atom. The molecule has 0 saturated carbocycles. The lowest BCUT2D eigenvalue weighted by atomic mass is 10.1. The molecule has 0 radical (unpaired) electrons. The maximum absolute atomic E-state index is 12.8. The van der Waals surface area contributed by atoms with E-state index in [0.717, 1.165) is 11.1 Å². The lowest BCUT2D eigenvalue weighted by molar-refractivity contribution is -0.135. The van der Waals surface area contributed by atoms with Gasteiger partial charge in [0.15, 0.2) is 0 Å². The molecular formula is C29H27N3O5. The molecule has 0 aliphatic carbocycles. The zero-order valence-corrected chi connectivity index (χ0v) is 20.9. The number of para-hydroxylation sites is 1. The van der Waals surface area contributed by atoms with Crippen molar-refractivity contribution in [2.45, 2.75) is 33.4 Å². The third-order valence-electron chi connectivity index (χ3n) is 5.72. The fourth-order valence-corrected chi connectivity index (χ4v) is 4.02. The maximum Gasteiger partial charge on any atom is 0.308 e. The van der Waals surface area contributed by atoms with Gasteiger partial charge in [0.2, 0.25) is 18.0 Å². The van der Waals surface area contributed by atoms with Crippen molar-refractivity contribution in [1.29, 1.82) is 0 Å². The molecule has 0 saturated heterocycles. The van der Waals surface area contributed by atoms with Crippen molar-refractivity contribution in [3.8, 4) is 5.75 Å². The second kappa shape index (κ2) is 10.9. The van der Waals surface area contributed by atoms with Crippen molar-refractivity contribution >= 4 is 29.4 Å². The third-order valence-corrected chi connectivity index (χ3v) is 5.72. The number of hydrogen-bond acceptors (Lipinski definition) is 6. The van der Waals surface area contributed by atoms with Crippen molar-refractivity contribution in [2.75, 3.05) is 5.32 Å². The number of nitrogens with one attached hydrogen (secondary N) is 1. The van der Waals surface area contributed by atoms with Gasteiger partial charge in [-0.3, -0.25) is 14.4 Å². The van der Waals surface area contributed by atoms with Crippen LogP contribution in [0.15, 0.2) is 84.5 Å². The first-order chi connectivity index (χ1) is 17.8. The summed E-state index contributed by atoms with van der Waals surface area (Å²) in [5.74, 6) is -0.638. The monoisotopic (exact) mass is 497 g/mol. The van der Waals surface area contributed by atoms with Crippen LogP contribution in [0.25, 0.3) is 0 Å². The van der Waals surface area contributed by atoms with Gasteiger partial charge in [-0.15, -0.1) is 11.7 Å². The highest BCUT2D eigenvalue weighted by Gasteiger charge is 2.35. The van der Waals surface area contributed by atoms with Crippen LogP contribution in [0.3, 0.4) is 0 Å². The number of allylic oxidation sites excluding steroid dienone is 1. The Bertz CT molecular complexity index is 1410. The molecule has 188 valence electrons. The summed E-state index contributed by atoms with van der Waals surface area (Å²) in [7, 11) is 0. The Morgan fingerprint density at radius 3 is 2.54 bits per heavy atom. The Kier molecular flexibility index (Phi) is 7.48. The van der Waals surface area contributed by atoms with Crippen LogP contribution < -0.4 is 10.1 Å². The van der Waals surface area contributed by atoms with Gasteiger partial charge in [0.05, 0.1) is 5.56 Å². The molecule has 0 spiro atoms. The van der Waals surface area contributed by atoms with E-state index in [-0.39, 0.29) is 17.7 Å². The number of esters is 1. The summed E-state index contributed by atoms with van der Waals surface area (Å²) in [6, 6.07) is 19.7. The van der Waals surface area contributed by atoms with E-state index >= 15 is 0 Å². The number of benzene rings is 3. The zero-order chi connectivity index (χ0) is 26.5. The van der Waals surface area contributed by atoms with Crippen molar-refractivity contribution in [1.82, 2.24) is 5.01 Å². The molecule has 0 aromatic heterocycles. The van der Waals surface area contributed by atoms with Crippen LogP contribution in [0.5, 0.6) is 5.75 Å². The zero-order valence-electron chi connectivity index (χ0n) is 20.9. The number of ether oxygens (including phenoxy) is 2. The smallest absolute Gasteiger partial charge is 0.308 e. The summed E-state index contributed by atoms with van der Waals surface area (Å²) >= 11 is 0. The molecule has 2 amide bonds. The van der Waals surface area contributed by atoms with Crippen LogP contribution in [-0.2, 0) is 20.7 Å². The van der Waals surface area contributed by atoms with Crippen LogP contribution in [0, 0.1) is 6.92 Å². The summed E-state index contributed by atoms with van der Waals surface area (Å²) in [5, 5.41) is 8.53. The molecule has 1 N–H and O–H groups in total. The Balaban J connectivity index is 1.65. The van der Waals surface area contributed by atoms with Gasteiger partial charge in [0.25, 0.3) is 5.91 Å². The van der Waals surface area contributed by atoms with Crippen LogP contribution in [-0.4, -0.2) is 28.7 Å². The largest absolute Gasteiger partial charge is 0.446 e. The Morgan fingerprint density at radius 2 is 1.84 bits per heavy atom. The number of amides is 2. The molecule has 1 heterocycles. The normalized spacial score (nSPS) is 14.4. The highest BCUT2D eigenvalue weighted by molar-refractivity contribution is 6.05. The molecule has 3 aromatic rings. The number of nitrogens with zero attached hydrogens (tertiary/aromatic N) is 2. The molecule has 0 fully saturated rings. The van der Waals surface area contributed by atoms with Crippen molar-refractivity contribution in [3.63, 3.8) is 0 Å². The third kappa shape index (κ3) is 5.59. The predicted octanol–water partition coefficient (Wildman–Crippen LogP) is 5.14. The second-order valence-corrected chi connectivity index (χ2v) is 8.51. The summed E-state index contributed by atoms with van der Waals surface area (Å²) in [5.41, 5.74) is 3.74. The minimum atomic E-state index is -0.879. The molecule has 8 nitrogen and oxygen atoms in total. The van der Waals surface area contributed by atoms with Gasteiger partial charge in [-0.25, -0.2) is 0 Å². The van der Waals surface area contributed by atoms with E-state index in [1.807, 2.05) is 31.2 Å². The molecular weight excluding hydrogens is 470 g/mol. The van der Waals surface area contributed by atoms with Gasteiger partial charge in [0, 0.05) is 30.7 Å². The average Bonchev–Trinajstić information content (AvgIpc) is 3.31. The lowest BCUT2D eigenvalue weighted by Gasteiger charge is -2.20. The van der Waals surface area contributed by atoms with Gasteiger partial charge >= 0.3 is 5.97 Å². The fraction of sp³-hybridized carbons (Fsp3) is 0.172. The predicted molar refractivity (Wildman–Crippen MR) is 140 cm³/mol. The van der Waals surface area contributed by atoms with Crippen molar-refractivity contribution in [2.24, 2.45) is 5.10 Å². The SMILES string of the molecule is C=CCc1cccc(C2=NN(C(C)=O)[C@H](c3cccc(NC(=O)c4ccccc4C)c3)O2)c1OC(C)=O. The van der Waals surface area contributed by atoms with E-state index in [1.165, 1.54) is 18.9 Å². The topological polar surface area (TPSA) is 97.3 Å². The van der Waals surface area contributed by atoms with E-state index in [9.17, 15) is 14.4 Å². The van der Waals surface area contributed by atoms with E-state index < -0.39 is 12.2 Å². The van der Waals surface area contributed by atoms with E-state index in [4.69, 9.17) is 9.47 Å². The summed E-state index contributed by atoms with van der Waals surface area (Å²) in [4.78, 5) is 37.1. The molecule has 1 aliphatic rings. The Hall–Kier alpha value is -4.72. The standard InChI is InChI=1S/C29H27N3O5/c1-5-10-21-12-9-16-25(26(21)36-20(4)34)28-31-32(19(3)33)29(37-28)22-13-8-14-23(17-22)30-27(35)24-15-7-6-11-18(24)2/h5-9,11-17,29H,1,10H2,2-4H3,(H,30,35)/t29-/m0/s1. The van der Waals surface area contributed by atoms with E-state index in [1.54, 1.807) is 48.5 Å². The van der Waals surface area contributed by atoms with Gasteiger partial charge < -0.3 is 14.8 Å². The van der Waals surface area contributed by atoms with E-state index in [0.29, 0.717) is 34.5 Å². The summed E-state index contributed by atoms with van der Waals surface area (Å²) < 4.78 is 11.6. The molecule has 1 atom stereocenters. The summed E-state index contributed by atoms with van der Waals surface area (Å²) in [6.07, 6.45) is 1.29. The molecule has 37 heavy (non-hydrogen) atoms. The van der Waals surface area contributed by atoms with Crippen molar-refractivity contribution < 1.29 is 23.9 Å². The highest BCUT2D eigenvalue weighted by atomic mass is 16.5. The molecule has 0 unspecified atom stereocenters. The van der Waals surface area contributed by atoms with Crippen LogP contribution >= 0.6 is 0 Å². The average molecular weight is 498 g/mol. The van der Waals surface area contributed by atoms with Gasteiger partial charge in [-0.1, -0.05) is 48.5 Å². The molecule has 0 bridgehead atoms. The number of hydrazone groups is 1. The molecule has 4 rings (SSSR count). The first-order valence-electron chi connectivity index (χ1n) is 11.7. The second-order valence-electron chi connectivity index (χ2n) is 8.51. The van der Waals surface area contributed by atoms with Gasteiger partial charge in [-0.2, -0.15) is 5.01 Å². The number of rotatable bonds is 7. The van der Waals surface area contributed by atoms with Crippen LogP contribution in [0.2, 0.25) is 0 Å². The Labute approximate surface area is 215 Å².